The lowest BCUT2D eigenvalue weighted by atomic mass is 10.0. The second-order valence-electron chi connectivity index (χ2n) is 12.4. The summed E-state index contributed by atoms with van der Waals surface area (Å²) < 4.78 is 6.64. The zero-order chi connectivity index (χ0) is 33.7. The van der Waals surface area contributed by atoms with Crippen LogP contribution < -0.4 is 14.5 Å². The maximum Gasteiger partial charge on any atom is 0.153 e. The van der Waals surface area contributed by atoms with Crippen LogP contribution in [0.3, 0.4) is 0 Å². The van der Waals surface area contributed by atoms with Gasteiger partial charge < -0.3 is 14.5 Å². The lowest BCUT2D eigenvalue weighted by molar-refractivity contribution is 0.477. The Morgan fingerprint density at radius 2 is 1.10 bits per heavy atom. The fourth-order valence-electron chi connectivity index (χ4n) is 7.04. The summed E-state index contributed by atoms with van der Waals surface area (Å²) >= 11 is 0. The number of nitrogens with zero attached hydrogens (tertiary/aromatic N) is 6. The molecule has 3 aromatic heterocycles. The van der Waals surface area contributed by atoms with Crippen LogP contribution in [0.2, 0.25) is 0 Å². The highest BCUT2D eigenvalue weighted by Crippen LogP contribution is 2.52. The minimum atomic E-state index is 0.737. The van der Waals surface area contributed by atoms with Crippen LogP contribution in [0.25, 0.3) is 44.1 Å². The van der Waals surface area contributed by atoms with Crippen molar-refractivity contribution < 1.29 is 4.74 Å². The predicted molar refractivity (Wildman–Crippen MR) is 205 cm³/mol. The van der Waals surface area contributed by atoms with E-state index in [-0.39, 0.29) is 0 Å². The maximum absolute atomic E-state index is 6.64. The number of benzene rings is 6. The first-order valence-corrected chi connectivity index (χ1v) is 16.8. The summed E-state index contributed by atoms with van der Waals surface area (Å²) in [5.41, 5.74) is 10.9. The summed E-state index contributed by atoms with van der Waals surface area (Å²) in [6, 6.07) is 51.7. The van der Waals surface area contributed by atoms with Gasteiger partial charge in [-0.3, -0.25) is 15.0 Å². The zero-order valence-electron chi connectivity index (χ0n) is 27.3. The second-order valence-corrected chi connectivity index (χ2v) is 12.4. The molecule has 10 rings (SSSR count). The van der Waals surface area contributed by atoms with Gasteiger partial charge in [0.25, 0.3) is 0 Å². The summed E-state index contributed by atoms with van der Waals surface area (Å²) in [7, 11) is 0. The number of hydrogen-bond acceptors (Lipinski definition) is 7. The normalized spacial score (nSPS) is 12.0. The minimum Gasteiger partial charge on any atom is -0.453 e. The highest BCUT2D eigenvalue weighted by molar-refractivity contribution is 6.21. The molecule has 0 bridgehead atoms. The topological polar surface area (TPSA) is 67.3 Å². The number of para-hydroxylation sites is 4. The van der Waals surface area contributed by atoms with E-state index in [9.17, 15) is 0 Å². The van der Waals surface area contributed by atoms with Crippen molar-refractivity contribution >= 4 is 67.0 Å². The van der Waals surface area contributed by atoms with Crippen LogP contribution in [0, 0.1) is 0 Å². The van der Waals surface area contributed by atoms with E-state index in [1.807, 2.05) is 60.8 Å². The molecule has 0 saturated carbocycles. The Morgan fingerprint density at radius 1 is 0.471 bits per heavy atom. The van der Waals surface area contributed by atoms with Gasteiger partial charge in [-0.25, -0.2) is 4.98 Å². The Bertz CT molecular complexity index is 2700. The van der Waals surface area contributed by atoms with Crippen molar-refractivity contribution in [1.82, 2.24) is 19.9 Å². The number of fused-ring (bicyclic) bond motifs is 8. The van der Waals surface area contributed by atoms with Gasteiger partial charge in [-0.15, -0.1) is 0 Å². The molecular formula is C44H28N6O. The van der Waals surface area contributed by atoms with Gasteiger partial charge in [0.1, 0.15) is 0 Å². The third-order valence-corrected chi connectivity index (χ3v) is 9.33. The average Bonchev–Trinajstić information content (AvgIpc) is 3.21. The SMILES string of the molecule is c1ccc(-c2ccc3c4nccnc4c4cc(N5c6ccccc6Oc6cc(N(c7ccccc7)c7ccccc7)ccc65)cnc4c3n2)cc1. The van der Waals surface area contributed by atoms with Crippen LogP contribution in [-0.2, 0) is 0 Å². The first kappa shape index (κ1) is 28.9. The van der Waals surface area contributed by atoms with E-state index in [1.165, 1.54) is 0 Å². The molecule has 0 atom stereocenters. The smallest absolute Gasteiger partial charge is 0.153 e. The van der Waals surface area contributed by atoms with Crippen LogP contribution in [0.5, 0.6) is 11.5 Å². The molecule has 51 heavy (non-hydrogen) atoms. The van der Waals surface area contributed by atoms with Gasteiger partial charge in [-0.05, 0) is 66.7 Å². The minimum absolute atomic E-state index is 0.737. The summed E-state index contributed by atoms with van der Waals surface area (Å²) in [4.78, 5) is 24.3. The van der Waals surface area contributed by atoms with Gasteiger partial charge in [0, 0.05) is 51.9 Å². The lowest BCUT2D eigenvalue weighted by Gasteiger charge is -2.34. The van der Waals surface area contributed by atoms with E-state index in [0.717, 1.165) is 89.7 Å². The summed E-state index contributed by atoms with van der Waals surface area (Å²) in [6.45, 7) is 0. The Morgan fingerprint density at radius 3 is 1.84 bits per heavy atom. The fraction of sp³-hybridized carbons (Fsp3) is 0. The molecule has 0 fully saturated rings. The standard InChI is InChI=1S/C44H28N6O/c1-4-12-29(13-5-1)36-22-21-34-41-42(46-25-24-45-41)35-26-33(28-47-43(35)44(34)48-36)50-37-18-10-11-19-39(37)51-40-27-32(20-23-38(40)50)49(30-14-6-2-7-15-30)31-16-8-3-9-17-31/h1-28H. The Kier molecular flexibility index (Phi) is 6.67. The molecule has 0 amide bonds. The highest BCUT2D eigenvalue weighted by atomic mass is 16.5. The molecule has 7 heteroatoms. The molecule has 0 aliphatic carbocycles. The van der Waals surface area contributed by atoms with Crippen molar-refractivity contribution in [1.29, 1.82) is 0 Å². The van der Waals surface area contributed by atoms with E-state index in [4.69, 9.17) is 24.7 Å². The molecule has 0 N–H and O–H groups in total. The van der Waals surface area contributed by atoms with E-state index in [2.05, 4.69) is 107 Å². The van der Waals surface area contributed by atoms with Crippen LogP contribution in [-0.4, -0.2) is 19.9 Å². The summed E-state index contributed by atoms with van der Waals surface area (Å²) in [5.74, 6) is 1.49. The first-order chi connectivity index (χ1) is 25.3. The van der Waals surface area contributed by atoms with Crippen LogP contribution in [0.1, 0.15) is 0 Å². The molecule has 0 radical (unpaired) electrons. The van der Waals surface area contributed by atoms with E-state index >= 15 is 0 Å². The molecule has 4 heterocycles. The molecule has 0 spiro atoms. The molecule has 0 unspecified atom stereocenters. The first-order valence-electron chi connectivity index (χ1n) is 16.8. The Balaban J connectivity index is 1.16. The number of hydrogen-bond donors (Lipinski definition) is 0. The fourth-order valence-corrected chi connectivity index (χ4v) is 7.04. The molecule has 1 aliphatic rings. The van der Waals surface area contributed by atoms with Crippen LogP contribution in [0.15, 0.2) is 170 Å². The molecule has 7 nitrogen and oxygen atoms in total. The molecular weight excluding hydrogens is 629 g/mol. The summed E-state index contributed by atoms with van der Waals surface area (Å²) in [5, 5.41) is 1.80. The quantitative estimate of drug-likeness (QED) is 0.171. The number of rotatable bonds is 5. The molecule has 9 aromatic rings. The van der Waals surface area contributed by atoms with Gasteiger partial charge in [-0.2, -0.15) is 0 Å². The third-order valence-electron chi connectivity index (χ3n) is 9.33. The Hall–Kier alpha value is -7.12. The summed E-state index contributed by atoms with van der Waals surface area (Å²) in [6.07, 6.45) is 5.38. The molecule has 240 valence electrons. The number of ether oxygens (including phenoxy) is 1. The van der Waals surface area contributed by atoms with Crippen LogP contribution in [0.4, 0.5) is 34.1 Å². The number of aromatic nitrogens is 4. The van der Waals surface area contributed by atoms with Gasteiger partial charge >= 0.3 is 0 Å². The largest absolute Gasteiger partial charge is 0.453 e. The monoisotopic (exact) mass is 656 g/mol. The predicted octanol–water partition coefficient (Wildman–Crippen LogP) is 11.4. The molecule has 0 saturated heterocycles. The lowest BCUT2D eigenvalue weighted by Crippen LogP contribution is -2.17. The van der Waals surface area contributed by atoms with Gasteiger partial charge in [0.2, 0.25) is 0 Å². The van der Waals surface area contributed by atoms with Gasteiger partial charge in [0.15, 0.2) is 11.5 Å². The van der Waals surface area contributed by atoms with Crippen LogP contribution >= 0.6 is 0 Å². The Labute approximate surface area is 293 Å². The van der Waals surface area contributed by atoms with Crippen molar-refractivity contribution in [2.45, 2.75) is 0 Å². The van der Waals surface area contributed by atoms with Crippen molar-refractivity contribution in [3.63, 3.8) is 0 Å². The molecule has 6 aromatic carbocycles. The van der Waals surface area contributed by atoms with Crippen molar-refractivity contribution in [3.8, 4) is 22.8 Å². The van der Waals surface area contributed by atoms with Crippen molar-refractivity contribution in [3.05, 3.63) is 170 Å². The molecule has 1 aliphatic heterocycles. The van der Waals surface area contributed by atoms with Gasteiger partial charge in [0.05, 0.1) is 51.0 Å². The van der Waals surface area contributed by atoms with E-state index in [0.29, 0.717) is 0 Å². The third kappa shape index (κ3) is 4.82. The van der Waals surface area contributed by atoms with E-state index in [1.54, 1.807) is 12.4 Å². The average molecular weight is 657 g/mol. The second kappa shape index (κ2) is 11.8. The number of anilines is 6. The van der Waals surface area contributed by atoms with E-state index < -0.39 is 0 Å². The number of pyridine rings is 2. The maximum atomic E-state index is 6.64. The van der Waals surface area contributed by atoms with Crippen molar-refractivity contribution in [2.24, 2.45) is 0 Å². The van der Waals surface area contributed by atoms with Gasteiger partial charge in [-0.1, -0.05) is 78.9 Å². The zero-order valence-corrected chi connectivity index (χ0v) is 27.3. The highest BCUT2D eigenvalue weighted by Gasteiger charge is 2.28. The van der Waals surface area contributed by atoms with Crippen molar-refractivity contribution in [2.75, 3.05) is 9.80 Å².